The third-order valence-corrected chi connectivity index (χ3v) is 5.93. The molecule has 1 N–H and O–H groups in total. The number of pyridine rings is 1. The van der Waals surface area contributed by atoms with E-state index in [2.05, 4.69) is 4.98 Å². The minimum atomic E-state index is -0.356. The van der Waals surface area contributed by atoms with Crippen LogP contribution in [0.1, 0.15) is 0 Å². The van der Waals surface area contributed by atoms with Gasteiger partial charge in [-0.05, 0) is 17.2 Å². The highest BCUT2D eigenvalue weighted by Crippen LogP contribution is 2.36. The van der Waals surface area contributed by atoms with Crippen LogP contribution in [0.4, 0.5) is 0 Å². The van der Waals surface area contributed by atoms with Crippen molar-refractivity contribution in [2.75, 3.05) is 38.9 Å². The van der Waals surface area contributed by atoms with Gasteiger partial charge in [0.2, 0.25) is 4.90 Å². The Labute approximate surface area is 130 Å². The van der Waals surface area contributed by atoms with Crippen LogP contribution in [0.3, 0.4) is 0 Å². The zero-order chi connectivity index (χ0) is 15.7. The summed E-state index contributed by atoms with van der Waals surface area (Å²) in [7, 11) is 2.67. The lowest BCUT2D eigenvalue weighted by Gasteiger charge is -2.20. The minimum absolute atomic E-state index is 0.218. The monoisotopic (exact) mass is 323 g/mol. The maximum atomic E-state index is 12.8. The van der Waals surface area contributed by atoms with Gasteiger partial charge in [-0.15, -0.1) is 0 Å². The van der Waals surface area contributed by atoms with Gasteiger partial charge in [-0.25, -0.2) is 0 Å². The fourth-order valence-corrected chi connectivity index (χ4v) is 4.50. The molecule has 0 saturated carbocycles. The van der Waals surface area contributed by atoms with E-state index in [1.165, 1.54) is 14.2 Å². The molecule has 0 bridgehead atoms. The van der Waals surface area contributed by atoms with E-state index in [1.807, 2.05) is 0 Å². The fourth-order valence-electron chi connectivity index (χ4n) is 2.56. The van der Waals surface area contributed by atoms with Gasteiger partial charge >= 0.3 is 5.56 Å². The molecule has 0 atom stereocenters. The largest absolute Gasteiger partial charge is 0.868 e. The molecule has 0 spiro atoms. The number of hydrogen-bond donors (Lipinski definition) is 1. The Kier molecular flexibility index (Phi) is 4.17. The number of methoxy groups -OCH3 is 2. The van der Waals surface area contributed by atoms with Crippen molar-refractivity contribution in [3.05, 3.63) is 22.5 Å². The standard InChI is InChI=1S/C15H17NO5S/c1-19-11-7-9-10(8-12(11)20-2)16-15(18)14(13(9)17)22-5-3-21-4-6-22/h7-8H,3-6H2,1-2H3,(H-,16,17,18). The van der Waals surface area contributed by atoms with Gasteiger partial charge in [-0.3, -0.25) is 4.79 Å². The van der Waals surface area contributed by atoms with Crippen LogP contribution in [0.2, 0.25) is 0 Å². The van der Waals surface area contributed by atoms with Gasteiger partial charge in [-0.1, -0.05) is 0 Å². The van der Waals surface area contributed by atoms with Crippen LogP contribution in [0.15, 0.2) is 21.8 Å². The quantitative estimate of drug-likeness (QED) is 0.838. The van der Waals surface area contributed by atoms with Crippen LogP contribution in [0.25, 0.3) is 10.9 Å². The number of benzene rings is 1. The average Bonchev–Trinajstić information content (AvgIpc) is 2.54. The normalized spacial score (nSPS) is 15.9. The molecule has 2 heterocycles. The van der Waals surface area contributed by atoms with Gasteiger partial charge in [0.05, 0.1) is 33.0 Å². The van der Waals surface area contributed by atoms with Gasteiger partial charge in [0.15, 0.2) is 11.5 Å². The molecule has 1 aliphatic rings. The van der Waals surface area contributed by atoms with Crippen molar-refractivity contribution < 1.29 is 19.3 Å². The van der Waals surface area contributed by atoms with Crippen molar-refractivity contribution in [3.8, 4) is 17.2 Å². The van der Waals surface area contributed by atoms with E-state index in [9.17, 15) is 9.90 Å². The molecule has 2 aromatic rings. The van der Waals surface area contributed by atoms with E-state index in [4.69, 9.17) is 14.2 Å². The van der Waals surface area contributed by atoms with Crippen molar-refractivity contribution in [2.45, 2.75) is 4.90 Å². The fraction of sp³-hybridized carbons (Fsp3) is 0.400. The van der Waals surface area contributed by atoms with Crippen LogP contribution in [0.5, 0.6) is 17.2 Å². The lowest BCUT2D eigenvalue weighted by atomic mass is 10.2. The Morgan fingerprint density at radius 3 is 2.45 bits per heavy atom. The molecule has 118 valence electrons. The van der Waals surface area contributed by atoms with Gasteiger partial charge in [0.25, 0.3) is 0 Å². The minimum Gasteiger partial charge on any atom is -0.868 e. The first kappa shape index (κ1) is 15.1. The first-order valence-corrected chi connectivity index (χ1v) is 8.46. The molecule has 1 fully saturated rings. The first-order valence-electron chi connectivity index (χ1n) is 6.90. The Hall–Kier alpha value is -1.86. The lowest BCUT2D eigenvalue weighted by Crippen LogP contribution is -2.32. The van der Waals surface area contributed by atoms with E-state index >= 15 is 0 Å². The number of fused-ring (bicyclic) bond motifs is 1. The number of aromatic amines is 1. The van der Waals surface area contributed by atoms with Crippen LogP contribution in [-0.4, -0.2) is 43.9 Å². The highest BCUT2D eigenvalue weighted by molar-refractivity contribution is 7.97. The number of ether oxygens (including phenoxy) is 3. The van der Waals surface area contributed by atoms with E-state index in [0.717, 1.165) is 11.5 Å². The first-order chi connectivity index (χ1) is 10.7. The van der Waals surface area contributed by atoms with Crippen LogP contribution in [0, 0.1) is 0 Å². The van der Waals surface area contributed by atoms with E-state index in [1.54, 1.807) is 12.1 Å². The number of aromatic nitrogens is 1. The summed E-state index contributed by atoms with van der Waals surface area (Å²) in [5, 5.41) is 13.2. The van der Waals surface area contributed by atoms with Gasteiger partial charge in [-0.2, -0.15) is 0 Å². The zero-order valence-electron chi connectivity index (χ0n) is 12.4. The third kappa shape index (κ3) is 2.50. The molecule has 6 nitrogen and oxygen atoms in total. The number of H-pyrrole nitrogens is 1. The molecule has 1 saturated heterocycles. The molecule has 1 aromatic heterocycles. The second-order valence-corrected chi connectivity index (χ2v) is 7.09. The molecule has 0 unspecified atom stereocenters. The van der Waals surface area contributed by atoms with Gasteiger partial charge in [0, 0.05) is 17.0 Å². The molecule has 1 aromatic carbocycles. The Bertz CT molecular complexity index is 752. The summed E-state index contributed by atoms with van der Waals surface area (Å²) in [5.41, 5.74) is 0.156. The summed E-state index contributed by atoms with van der Waals surface area (Å²) in [4.78, 5) is 15.5. The topological polar surface area (TPSA) is 83.6 Å². The molecule has 0 amide bonds. The van der Waals surface area contributed by atoms with Crippen molar-refractivity contribution >= 4 is 21.8 Å². The molecule has 0 aliphatic carbocycles. The molecular formula is C15H17NO5S. The van der Waals surface area contributed by atoms with Gasteiger partial charge in [0.1, 0.15) is 11.5 Å². The van der Waals surface area contributed by atoms with Crippen LogP contribution < -0.4 is 20.1 Å². The molecule has 22 heavy (non-hydrogen) atoms. The summed E-state index contributed by atoms with van der Waals surface area (Å²) in [6, 6.07) is 3.24. The summed E-state index contributed by atoms with van der Waals surface area (Å²) < 4.78 is 15.8. The number of rotatable bonds is 3. The molecule has 3 rings (SSSR count). The summed E-state index contributed by atoms with van der Waals surface area (Å²) in [6.45, 7) is 1.18. The van der Waals surface area contributed by atoms with E-state index < -0.39 is 0 Å². The summed E-state index contributed by atoms with van der Waals surface area (Å²) in [6.07, 6.45) is 0. The zero-order valence-corrected chi connectivity index (χ0v) is 13.2. The Morgan fingerprint density at radius 2 is 1.82 bits per heavy atom. The van der Waals surface area contributed by atoms with Crippen LogP contribution >= 0.6 is 0 Å². The van der Waals surface area contributed by atoms with Gasteiger partial charge < -0.3 is 24.3 Å². The third-order valence-electron chi connectivity index (χ3n) is 3.67. The molecule has 0 radical (unpaired) electrons. The second kappa shape index (κ2) is 6.10. The number of hydrogen-bond acceptors (Lipinski definition) is 5. The highest BCUT2D eigenvalue weighted by Gasteiger charge is 2.30. The SMILES string of the molecule is COc1cc2[nH]c(=O)c([S+]3CCOCC3)c([O-])c2cc1OC. The average molecular weight is 323 g/mol. The van der Waals surface area contributed by atoms with Crippen molar-refractivity contribution in [3.63, 3.8) is 0 Å². The van der Waals surface area contributed by atoms with E-state index in [-0.39, 0.29) is 22.2 Å². The maximum Gasteiger partial charge on any atom is 0.303 e. The second-order valence-electron chi connectivity index (χ2n) is 4.88. The van der Waals surface area contributed by atoms with Crippen molar-refractivity contribution in [1.82, 2.24) is 4.98 Å². The number of nitrogens with one attached hydrogen (secondary N) is 1. The summed E-state index contributed by atoms with van der Waals surface area (Å²) >= 11 is 0. The van der Waals surface area contributed by atoms with Crippen molar-refractivity contribution in [2.24, 2.45) is 0 Å². The predicted molar refractivity (Wildman–Crippen MR) is 83.3 cm³/mol. The Morgan fingerprint density at radius 1 is 1.18 bits per heavy atom. The van der Waals surface area contributed by atoms with Crippen molar-refractivity contribution in [1.29, 1.82) is 0 Å². The highest BCUT2D eigenvalue weighted by atomic mass is 32.2. The smallest absolute Gasteiger partial charge is 0.303 e. The summed E-state index contributed by atoms with van der Waals surface area (Å²) in [5.74, 6) is 2.17. The molecule has 1 aliphatic heterocycles. The maximum absolute atomic E-state index is 12.8. The molecular weight excluding hydrogens is 306 g/mol. The van der Waals surface area contributed by atoms with Crippen LogP contribution in [-0.2, 0) is 15.6 Å². The Balaban J connectivity index is 2.20. The van der Waals surface area contributed by atoms with E-state index in [0.29, 0.717) is 40.5 Å². The predicted octanol–water partition coefficient (Wildman–Crippen LogP) is 0.626. The molecule has 7 heteroatoms. The lowest BCUT2D eigenvalue weighted by molar-refractivity contribution is -0.270.